The third kappa shape index (κ3) is 4.48. The number of hydrogen-bond acceptors (Lipinski definition) is 5. The molecule has 198 valence electrons. The molecule has 3 aromatic rings. The summed E-state index contributed by atoms with van der Waals surface area (Å²) in [5.74, 6) is -6.16. The van der Waals surface area contributed by atoms with Crippen molar-refractivity contribution >= 4 is 16.7 Å². The number of carbonyl (C=O) groups excluding carboxylic acids is 1. The first-order valence-corrected chi connectivity index (χ1v) is 10.6. The van der Waals surface area contributed by atoms with E-state index >= 15 is 4.39 Å². The van der Waals surface area contributed by atoms with E-state index in [9.17, 15) is 23.8 Å². The maximum Gasteiger partial charge on any atom is 0.586 e. The third-order valence-electron chi connectivity index (χ3n) is 5.75. The topological polar surface area (TPSA) is 80.9 Å². The second kappa shape index (κ2) is 8.77. The molecule has 37 heavy (non-hydrogen) atoms. The van der Waals surface area contributed by atoms with E-state index in [1.54, 1.807) is 0 Å². The van der Waals surface area contributed by atoms with Crippen molar-refractivity contribution < 1.29 is 62.3 Å². The van der Waals surface area contributed by atoms with Crippen LogP contribution in [-0.4, -0.2) is 39.5 Å². The van der Waals surface area contributed by atoms with Crippen LogP contribution >= 0.6 is 0 Å². The van der Waals surface area contributed by atoms with E-state index in [1.165, 1.54) is 0 Å². The Bertz CT molecular complexity index is 2150. The number of nitrogens with zero attached hydrogens (tertiary/aromatic N) is 1. The molecule has 6 nitrogen and oxygen atoms in total. The molecule has 2 aromatic carbocycles. The minimum atomic E-state index is -4.50. The molecule has 2 heterocycles. The number of rotatable bonds is 9. The molecule has 1 aliphatic heterocycles. The number of halogens is 3. The Labute approximate surface area is 237 Å². The first-order chi connectivity index (χ1) is 24.5. The highest BCUT2D eigenvalue weighted by atomic mass is 19.3. The Morgan fingerprint density at radius 1 is 1.32 bits per heavy atom. The zero-order chi connectivity index (χ0) is 42.6. The molecule has 1 unspecified atom stereocenters. The number of carbonyl (C=O) groups is 1. The van der Waals surface area contributed by atoms with Crippen LogP contribution in [0.5, 0.6) is 11.5 Å². The van der Waals surface area contributed by atoms with Crippen molar-refractivity contribution in [2.45, 2.75) is 75.9 Å². The molecule has 0 bridgehead atoms. The van der Waals surface area contributed by atoms with Gasteiger partial charge in [0.2, 0.25) is 0 Å². The van der Waals surface area contributed by atoms with Crippen LogP contribution in [0.25, 0.3) is 10.9 Å². The van der Waals surface area contributed by atoms with Gasteiger partial charge in [-0.1, -0.05) is 26.7 Å². The summed E-state index contributed by atoms with van der Waals surface area (Å²) in [5, 5.41) is 19.3. The lowest BCUT2D eigenvalue weighted by Crippen LogP contribution is -2.26. The van der Waals surface area contributed by atoms with Crippen molar-refractivity contribution in [1.29, 1.82) is 0 Å². The van der Waals surface area contributed by atoms with Gasteiger partial charge in [-0.2, -0.15) is 0 Å². The lowest BCUT2D eigenvalue weighted by molar-refractivity contribution is -0.286. The molecule has 5 rings (SSSR count). The van der Waals surface area contributed by atoms with Gasteiger partial charge >= 0.3 is 6.29 Å². The molecule has 1 aromatic heterocycles. The summed E-state index contributed by atoms with van der Waals surface area (Å²) in [4.78, 5) is 14.3. The van der Waals surface area contributed by atoms with Crippen LogP contribution in [0.2, 0.25) is 0 Å². The molecule has 0 radical (unpaired) electrons. The lowest BCUT2D eigenvalue weighted by Gasteiger charge is -2.26. The molecule has 0 amide bonds. The number of Topliss-reactive ketones (excluding diaryl/α,β-unsaturated/α-hetero) is 1. The summed E-state index contributed by atoms with van der Waals surface area (Å²) in [7, 11) is 0. The third-order valence-corrected chi connectivity index (χ3v) is 5.75. The average Bonchev–Trinajstić information content (AvgIpc) is 3.33. The van der Waals surface area contributed by atoms with Crippen molar-refractivity contribution in [3.63, 3.8) is 0 Å². The number of alkyl halides is 2. The van der Waals surface area contributed by atoms with E-state index < -0.39 is 156 Å². The number of aliphatic hydroxyl groups is 2. The van der Waals surface area contributed by atoms with Gasteiger partial charge in [-0.05, 0) is 60.5 Å². The minimum Gasteiger partial charge on any atom is -0.395 e. The van der Waals surface area contributed by atoms with Gasteiger partial charge in [-0.15, -0.1) is 8.78 Å². The highest BCUT2D eigenvalue weighted by Gasteiger charge is 2.52. The van der Waals surface area contributed by atoms with Gasteiger partial charge in [0.15, 0.2) is 11.5 Å². The van der Waals surface area contributed by atoms with Crippen LogP contribution < -0.4 is 9.47 Å². The summed E-state index contributed by atoms with van der Waals surface area (Å²) in [5.41, 5.74) is -11.5. The molecule has 0 saturated heterocycles. The Hall–Kier alpha value is -3.04. The van der Waals surface area contributed by atoms with Gasteiger partial charge in [-0.3, -0.25) is 4.79 Å². The Morgan fingerprint density at radius 3 is 2.70 bits per heavy atom. The number of ketones is 1. The maximum atomic E-state index is 16.5. The molecular formula is C28H30F3NO5. The fourth-order valence-electron chi connectivity index (χ4n) is 3.64. The van der Waals surface area contributed by atoms with Crippen LogP contribution in [0, 0.1) is 5.82 Å². The summed E-state index contributed by atoms with van der Waals surface area (Å²) >= 11 is 0. The second-order valence-corrected chi connectivity index (χ2v) is 8.34. The number of aliphatic hydroxyl groups excluding tert-OH is 1. The monoisotopic (exact) mass is 535 g/mol. The van der Waals surface area contributed by atoms with E-state index in [2.05, 4.69) is 9.47 Å². The zero-order valence-corrected chi connectivity index (χ0v) is 19.1. The fraction of sp³-hybridized carbons (Fsp3) is 0.464. The standard InChI is InChI=1S/C28H30F3NO5/c1-4-26(2,3)24-10-17-9-16(20(29)13-21(17)32(24)14-19(34)15-33)11-25(35)27(7-8-27)18-5-6-22-23(12-18)37-28(30,31)36-22/h5-6,9-10,12-13,19,33-34H,4,7-8,11,14-15H2,1-3H3/t19-/m0/s1/i2D3,4D2,5D,6D,7D2,8D2,9D,10D,12D,13D,14D2,19D/t19-,26?. The van der Waals surface area contributed by atoms with Gasteiger partial charge in [0.25, 0.3) is 0 Å². The smallest absolute Gasteiger partial charge is 0.395 e. The van der Waals surface area contributed by atoms with Crippen LogP contribution in [-0.2, 0) is 28.5 Å². The zero-order valence-electron chi connectivity index (χ0n) is 37.1. The van der Waals surface area contributed by atoms with Crippen LogP contribution in [0.15, 0.2) is 36.3 Å². The molecule has 1 saturated carbocycles. The van der Waals surface area contributed by atoms with E-state index in [0.717, 1.165) is 0 Å². The van der Waals surface area contributed by atoms with Crippen LogP contribution in [0.1, 0.15) is 81.3 Å². The number of aromatic nitrogens is 1. The highest BCUT2D eigenvalue weighted by Crippen LogP contribution is 2.52. The first-order valence-electron chi connectivity index (χ1n) is 19.6. The van der Waals surface area contributed by atoms with Crippen molar-refractivity contribution in [3.8, 4) is 11.5 Å². The fourth-order valence-corrected chi connectivity index (χ4v) is 3.64. The predicted molar refractivity (Wildman–Crippen MR) is 131 cm³/mol. The van der Waals surface area contributed by atoms with Crippen LogP contribution in [0.4, 0.5) is 13.2 Å². The number of hydrogen-bond donors (Lipinski definition) is 2. The van der Waals surface area contributed by atoms with Gasteiger partial charge < -0.3 is 24.3 Å². The number of benzene rings is 2. The van der Waals surface area contributed by atoms with E-state index in [4.69, 9.17) is 24.7 Å². The average molecular weight is 536 g/mol. The minimum absolute atomic E-state index is 0.0623. The van der Waals surface area contributed by atoms with Gasteiger partial charge in [0.1, 0.15) is 11.6 Å². The highest BCUT2D eigenvalue weighted by molar-refractivity contribution is 5.95. The van der Waals surface area contributed by atoms with E-state index in [1.807, 2.05) is 0 Å². The molecule has 2 aliphatic rings. The summed E-state index contributed by atoms with van der Waals surface area (Å²) in [6.45, 7) is -7.74. The maximum absolute atomic E-state index is 16.5. The lowest BCUT2D eigenvalue weighted by atomic mass is 9.86. The quantitative estimate of drug-likeness (QED) is 0.404. The summed E-state index contributed by atoms with van der Waals surface area (Å²) in [6.07, 6.45) is -19.7. The summed E-state index contributed by atoms with van der Waals surface area (Å²) in [6, 6.07) is -8.18. The van der Waals surface area contributed by atoms with Crippen molar-refractivity contribution in [2.24, 2.45) is 0 Å². The number of ether oxygens (including phenoxy) is 2. The van der Waals surface area contributed by atoms with Crippen molar-refractivity contribution in [1.82, 2.24) is 4.57 Å². The second-order valence-electron chi connectivity index (χ2n) is 8.34. The van der Waals surface area contributed by atoms with Crippen molar-refractivity contribution in [2.75, 3.05) is 6.61 Å². The molecule has 2 atom stereocenters. The number of fused-ring (bicyclic) bond motifs is 2. The van der Waals surface area contributed by atoms with E-state index in [-0.39, 0.29) is 4.57 Å². The molecule has 2 N–H and O–H groups in total. The normalized spacial score (nSPS) is 31.3. The van der Waals surface area contributed by atoms with Gasteiger partial charge in [-0.25, -0.2) is 4.39 Å². The van der Waals surface area contributed by atoms with Gasteiger partial charge in [0, 0.05) is 35.3 Å². The molecule has 1 fully saturated rings. The molecule has 9 heteroatoms. The Morgan fingerprint density at radius 2 is 2.05 bits per heavy atom. The summed E-state index contributed by atoms with van der Waals surface area (Å²) < 4.78 is 205. The SMILES string of the molecule is [2H]c1c([2H])c(C2(C(=O)Cc3c(F)c([2H])c4c(c3[2H])c([2H])c(C(C)(C([2H])([2H])[2H])C([2H])([2H])C)n4C([2H])([2H])[C@]([2H])(O)CO)C([2H])([2H])C2([2H])[2H])c([2H])c2c1OC(F)(F)O2. The Kier molecular flexibility index (Phi) is 2.79. The molecule has 0 spiro atoms. The first kappa shape index (κ1) is 11.8. The van der Waals surface area contributed by atoms with Crippen LogP contribution in [0.3, 0.4) is 0 Å². The molecule has 1 aliphatic carbocycles. The van der Waals surface area contributed by atoms with Crippen molar-refractivity contribution in [3.05, 3.63) is 58.9 Å². The Balaban J connectivity index is 1.87. The van der Waals surface area contributed by atoms with E-state index in [0.29, 0.717) is 13.8 Å². The predicted octanol–water partition coefficient (Wildman–Crippen LogP) is 4.99. The molecular weight excluding hydrogens is 487 g/mol. The largest absolute Gasteiger partial charge is 0.586 e. The van der Waals surface area contributed by atoms with Gasteiger partial charge in [0.05, 0.1) is 42.5 Å².